The minimum Gasteiger partial charge on any atom is -0.495 e. The second kappa shape index (κ2) is 13.4. The lowest BCUT2D eigenvalue weighted by Gasteiger charge is -2.31. The first kappa shape index (κ1) is 28.3. The number of carbonyl (C=O) groups excluding carboxylic acids is 2. The lowest BCUT2D eigenvalue weighted by atomic mass is 9.98. The topological polar surface area (TPSA) is 86.7 Å². The molecule has 1 saturated heterocycles. The number of ether oxygens (including phenoxy) is 2. The van der Waals surface area contributed by atoms with Gasteiger partial charge in [0.05, 0.1) is 37.8 Å². The van der Waals surface area contributed by atoms with E-state index in [1.54, 1.807) is 36.4 Å². The van der Waals surface area contributed by atoms with Gasteiger partial charge in [-0.25, -0.2) is 14.2 Å². The van der Waals surface area contributed by atoms with Crippen LogP contribution >= 0.6 is 0 Å². The second-order valence-corrected chi connectivity index (χ2v) is 9.90. The maximum Gasteiger partial charge on any atom is 0.322 e. The predicted molar refractivity (Wildman–Crippen MR) is 154 cm³/mol. The third-order valence-corrected chi connectivity index (χ3v) is 7.29. The van der Waals surface area contributed by atoms with Gasteiger partial charge in [-0.15, -0.1) is 0 Å². The van der Waals surface area contributed by atoms with E-state index < -0.39 is 17.9 Å². The van der Waals surface area contributed by atoms with Gasteiger partial charge in [0.25, 0.3) is 5.91 Å². The fraction of sp³-hybridized carbons (Fsp3) is 0.323. The van der Waals surface area contributed by atoms with Gasteiger partial charge < -0.3 is 19.7 Å². The van der Waals surface area contributed by atoms with Crippen molar-refractivity contribution in [3.05, 3.63) is 95.8 Å². The number of nitrogens with one attached hydrogen (secondary N) is 1. The summed E-state index contributed by atoms with van der Waals surface area (Å²) in [7, 11) is 1.53. The number of para-hydroxylation sites is 2. The van der Waals surface area contributed by atoms with Crippen molar-refractivity contribution in [2.45, 2.75) is 12.5 Å². The van der Waals surface area contributed by atoms with Crippen LogP contribution in [0.2, 0.25) is 0 Å². The Kier molecular flexibility index (Phi) is 9.22. The van der Waals surface area contributed by atoms with Gasteiger partial charge in [-0.2, -0.15) is 5.10 Å². The summed E-state index contributed by atoms with van der Waals surface area (Å²) in [6.07, 6.45) is 0.359. The molecule has 0 spiro atoms. The average Bonchev–Trinajstić information content (AvgIpc) is 3.46. The van der Waals surface area contributed by atoms with Crippen LogP contribution < -0.4 is 10.1 Å². The number of urea groups is 1. The summed E-state index contributed by atoms with van der Waals surface area (Å²) in [5.74, 6) is -0.235. The summed E-state index contributed by atoms with van der Waals surface area (Å²) < 4.78 is 25.5. The van der Waals surface area contributed by atoms with E-state index in [1.165, 1.54) is 23.1 Å². The molecule has 214 valence electrons. The highest BCUT2D eigenvalue weighted by Crippen LogP contribution is 2.33. The van der Waals surface area contributed by atoms with Crippen molar-refractivity contribution >= 4 is 23.3 Å². The molecule has 41 heavy (non-hydrogen) atoms. The van der Waals surface area contributed by atoms with Gasteiger partial charge in [0, 0.05) is 38.2 Å². The summed E-state index contributed by atoms with van der Waals surface area (Å²) in [4.78, 5) is 31.1. The van der Waals surface area contributed by atoms with E-state index in [0.29, 0.717) is 55.4 Å². The van der Waals surface area contributed by atoms with Gasteiger partial charge in [0.1, 0.15) is 18.1 Å². The number of hydrogen-bond donors (Lipinski definition) is 1. The van der Waals surface area contributed by atoms with Crippen LogP contribution in [0.5, 0.6) is 5.75 Å². The Labute approximate surface area is 239 Å². The number of benzene rings is 3. The van der Waals surface area contributed by atoms with Crippen molar-refractivity contribution in [3.8, 4) is 5.75 Å². The fourth-order valence-corrected chi connectivity index (χ4v) is 5.05. The molecule has 0 aromatic heterocycles. The van der Waals surface area contributed by atoms with Crippen LogP contribution in [0, 0.1) is 5.82 Å². The van der Waals surface area contributed by atoms with E-state index in [2.05, 4.69) is 15.3 Å². The maximum absolute atomic E-state index is 14.7. The molecule has 5 rings (SSSR count). The highest BCUT2D eigenvalue weighted by atomic mass is 19.1. The minimum absolute atomic E-state index is 0.206. The number of rotatable bonds is 9. The zero-order chi connectivity index (χ0) is 28.6. The smallest absolute Gasteiger partial charge is 0.322 e. The second-order valence-electron chi connectivity index (χ2n) is 9.90. The molecule has 2 aliphatic heterocycles. The molecule has 1 unspecified atom stereocenters. The lowest BCUT2D eigenvalue weighted by molar-refractivity contribution is -0.133. The summed E-state index contributed by atoms with van der Waals surface area (Å²) in [6, 6.07) is 22.2. The van der Waals surface area contributed by atoms with Gasteiger partial charge in [-0.3, -0.25) is 9.69 Å². The summed E-state index contributed by atoms with van der Waals surface area (Å²) >= 11 is 0. The zero-order valence-corrected chi connectivity index (χ0v) is 23.0. The lowest BCUT2D eigenvalue weighted by Crippen LogP contribution is -2.47. The molecule has 0 aliphatic carbocycles. The molecule has 0 radical (unpaired) electrons. The summed E-state index contributed by atoms with van der Waals surface area (Å²) in [6.45, 7) is 3.48. The van der Waals surface area contributed by atoms with Gasteiger partial charge >= 0.3 is 6.03 Å². The highest BCUT2D eigenvalue weighted by molar-refractivity contribution is 6.03. The Balaban J connectivity index is 1.39. The molecule has 1 N–H and O–H groups in total. The van der Waals surface area contributed by atoms with Crippen molar-refractivity contribution in [3.63, 3.8) is 0 Å². The number of halogens is 1. The minimum atomic E-state index is -0.426. The molecule has 0 saturated carbocycles. The first-order valence-electron chi connectivity index (χ1n) is 13.7. The van der Waals surface area contributed by atoms with E-state index in [4.69, 9.17) is 9.47 Å². The van der Waals surface area contributed by atoms with Gasteiger partial charge in [-0.05, 0) is 23.8 Å². The largest absolute Gasteiger partial charge is 0.495 e. The Morgan fingerprint density at radius 1 is 1.02 bits per heavy atom. The average molecular weight is 560 g/mol. The monoisotopic (exact) mass is 559 g/mol. The Morgan fingerprint density at radius 2 is 1.73 bits per heavy atom. The summed E-state index contributed by atoms with van der Waals surface area (Å²) in [5.41, 5.74) is 2.24. The quantitative estimate of drug-likeness (QED) is 0.421. The Morgan fingerprint density at radius 3 is 2.49 bits per heavy atom. The number of anilines is 1. The first-order valence-corrected chi connectivity index (χ1v) is 13.7. The number of carbonyl (C=O) groups is 2. The van der Waals surface area contributed by atoms with Crippen molar-refractivity contribution < 1.29 is 23.5 Å². The zero-order valence-electron chi connectivity index (χ0n) is 23.0. The number of hydrogen-bond acceptors (Lipinski definition) is 6. The van der Waals surface area contributed by atoms with Crippen molar-refractivity contribution in [1.82, 2.24) is 14.8 Å². The third-order valence-electron chi connectivity index (χ3n) is 7.29. The maximum atomic E-state index is 14.7. The van der Waals surface area contributed by atoms with Crippen LogP contribution in [0.15, 0.2) is 84.0 Å². The van der Waals surface area contributed by atoms with Gasteiger partial charge in [0.15, 0.2) is 0 Å². The number of hydrazone groups is 1. The number of morpholine rings is 1. The Bertz CT molecular complexity index is 1380. The SMILES string of the molecule is COc1ccccc1NC(=O)N(CCN1CCOCC1)CC(=O)N1N=C(c2ccccc2F)CC1c1ccccc1. The molecule has 3 aromatic carbocycles. The van der Waals surface area contributed by atoms with Crippen molar-refractivity contribution in [1.29, 1.82) is 0 Å². The first-order chi connectivity index (χ1) is 20.0. The van der Waals surface area contributed by atoms with E-state index in [1.807, 2.05) is 36.4 Å². The van der Waals surface area contributed by atoms with Gasteiger partial charge in [0.2, 0.25) is 0 Å². The van der Waals surface area contributed by atoms with Gasteiger partial charge in [-0.1, -0.05) is 60.7 Å². The van der Waals surface area contributed by atoms with Crippen LogP contribution in [0.1, 0.15) is 23.6 Å². The van der Waals surface area contributed by atoms with Crippen molar-refractivity contribution in [2.24, 2.45) is 5.10 Å². The standard InChI is InChI=1S/C31H34FN5O4/c1-40-29-14-8-7-13-26(29)33-31(39)36(16-15-35-17-19-41-20-18-35)22-30(38)37-28(23-9-3-2-4-10-23)21-27(34-37)24-11-5-6-12-25(24)32/h2-14,28H,15-22H2,1H3,(H,33,39). The third kappa shape index (κ3) is 6.90. The van der Waals surface area contributed by atoms with E-state index in [-0.39, 0.29) is 12.5 Å². The summed E-state index contributed by atoms with van der Waals surface area (Å²) in [5, 5.41) is 8.90. The van der Waals surface area contributed by atoms with Crippen LogP contribution in [0.4, 0.5) is 14.9 Å². The molecule has 0 bridgehead atoms. The number of amides is 3. The molecule has 1 atom stereocenters. The molecule has 2 aliphatic rings. The predicted octanol–water partition coefficient (Wildman–Crippen LogP) is 4.38. The van der Waals surface area contributed by atoms with Crippen molar-refractivity contribution in [2.75, 3.05) is 58.4 Å². The normalized spacial score (nSPS) is 17.2. The highest BCUT2D eigenvalue weighted by Gasteiger charge is 2.35. The molecule has 9 nitrogen and oxygen atoms in total. The van der Waals surface area contributed by atoms with E-state index in [9.17, 15) is 14.0 Å². The molecular weight excluding hydrogens is 525 g/mol. The van der Waals surface area contributed by atoms with E-state index in [0.717, 1.165) is 18.7 Å². The molecule has 2 heterocycles. The molecular formula is C31H34FN5O4. The van der Waals surface area contributed by atoms with Crippen LogP contribution in [0.3, 0.4) is 0 Å². The van der Waals surface area contributed by atoms with E-state index >= 15 is 0 Å². The molecule has 10 heteroatoms. The molecule has 1 fully saturated rings. The van der Waals surface area contributed by atoms with Crippen LogP contribution in [-0.4, -0.2) is 85.5 Å². The molecule has 3 amide bonds. The van der Waals surface area contributed by atoms with Crippen LogP contribution in [0.25, 0.3) is 0 Å². The Hall–Kier alpha value is -4.28. The number of methoxy groups -OCH3 is 1. The van der Waals surface area contributed by atoms with Crippen LogP contribution in [-0.2, 0) is 9.53 Å². The molecule has 3 aromatic rings. The fourth-order valence-electron chi connectivity index (χ4n) is 5.05. The number of nitrogens with zero attached hydrogens (tertiary/aromatic N) is 4.